The van der Waals surface area contributed by atoms with E-state index < -0.39 is 12.6 Å². The molecule has 0 bridgehead atoms. The molecule has 1 aromatic carbocycles. The number of halogens is 4. The molecule has 0 saturated carbocycles. The zero-order valence-electron chi connectivity index (χ0n) is 11.2. The normalized spacial score (nSPS) is 13.7. The first-order chi connectivity index (χ1) is 9.94. The van der Waals surface area contributed by atoms with E-state index in [2.05, 4.69) is 33.6 Å². The number of aromatic nitrogens is 1. The van der Waals surface area contributed by atoms with Gasteiger partial charge in [0.05, 0.1) is 10.2 Å². The van der Waals surface area contributed by atoms with Gasteiger partial charge >= 0.3 is 6.18 Å². The highest BCUT2D eigenvalue weighted by atomic mass is 127. The molecule has 1 nitrogen and oxygen atoms in total. The van der Waals surface area contributed by atoms with Crippen molar-refractivity contribution >= 4 is 55.9 Å². The monoisotopic (exact) mass is 445 g/mol. The summed E-state index contributed by atoms with van der Waals surface area (Å²) >= 11 is 5.49. The van der Waals surface area contributed by atoms with Crippen LogP contribution in [-0.4, -0.2) is 20.8 Å². The van der Waals surface area contributed by atoms with Crippen LogP contribution in [0.15, 0.2) is 28.6 Å². The summed E-state index contributed by atoms with van der Waals surface area (Å²) in [5, 5.41) is 0. The third kappa shape index (κ3) is 6.32. The molecule has 1 atom stereocenters. The minimum absolute atomic E-state index is 0.0974. The molecule has 0 saturated heterocycles. The molecular weight excluding hydrogens is 430 g/mol. The molecule has 0 aliphatic rings. The summed E-state index contributed by atoms with van der Waals surface area (Å²) in [6, 6.07) is 8.01. The lowest BCUT2D eigenvalue weighted by Crippen LogP contribution is -2.10. The Kier molecular flexibility index (Phi) is 6.61. The van der Waals surface area contributed by atoms with Gasteiger partial charge in [-0.3, -0.25) is 0 Å². The van der Waals surface area contributed by atoms with E-state index in [-0.39, 0.29) is 10.3 Å². The number of alkyl halides is 4. The fraction of sp³-hybridized carbons (Fsp3) is 0.500. The summed E-state index contributed by atoms with van der Waals surface area (Å²) in [7, 11) is 0. The minimum atomic E-state index is -4.03. The summed E-state index contributed by atoms with van der Waals surface area (Å²) in [4.78, 5) is 4.53. The Morgan fingerprint density at radius 2 is 2.00 bits per heavy atom. The van der Waals surface area contributed by atoms with Crippen molar-refractivity contribution in [3.05, 3.63) is 24.3 Å². The highest BCUT2D eigenvalue weighted by Crippen LogP contribution is 2.31. The first-order valence-corrected chi connectivity index (χ1v) is 9.68. The van der Waals surface area contributed by atoms with Crippen molar-refractivity contribution in [3.63, 3.8) is 0 Å². The van der Waals surface area contributed by atoms with Crippen LogP contribution in [0.3, 0.4) is 0 Å². The highest BCUT2D eigenvalue weighted by molar-refractivity contribution is 14.1. The van der Waals surface area contributed by atoms with Gasteiger partial charge < -0.3 is 0 Å². The number of nitrogens with zero attached hydrogens (tertiary/aromatic N) is 1. The maximum Gasteiger partial charge on any atom is 0.389 e. The molecule has 1 unspecified atom stereocenters. The average Bonchev–Trinajstić information content (AvgIpc) is 2.83. The molecule has 0 amide bonds. The number of hydrogen-bond acceptors (Lipinski definition) is 3. The Hall–Kier alpha value is -0.0200. The van der Waals surface area contributed by atoms with E-state index in [0.29, 0.717) is 0 Å². The van der Waals surface area contributed by atoms with Crippen molar-refractivity contribution in [3.8, 4) is 0 Å². The number of thiazole rings is 1. The first kappa shape index (κ1) is 17.3. The van der Waals surface area contributed by atoms with E-state index >= 15 is 0 Å². The van der Waals surface area contributed by atoms with Crippen molar-refractivity contribution in [2.24, 2.45) is 0 Å². The number of hydrogen-bond donors (Lipinski definition) is 0. The number of benzene rings is 1. The Balaban J connectivity index is 1.67. The van der Waals surface area contributed by atoms with Crippen LogP contribution >= 0.6 is 45.7 Å². The van der Waals surface area contributed by atoms with Crippen molar-refractivity contribution < 1.29 is 13.2 Å². The first-order valence-electron chi connectivity index (χ1n) is 6.63. The smallest absolute Gasteiger partial charge is 0.230 e. The Morgan fingerprint density at radius 3 is 2.71 bits per heavy atom. The molecule has 2 rings (SSSR count). The molecule has 0 radical (unpaired) electrons. The van der Waals surface area contributed by atoms with Crippen LogP contribution in [0, 0.1) is 0 Å². The van der Waals surface area contributed by atoms with Gasteiger partial charge in [0.25, 0.3) is 0 Å². The largest absolute Gasteiger partial charge is 0.389 e. The van der Waals surface area contributed by atoms with Crippen molar-refractivity contribution in [2.75, 3.05) is 5.75 Å². The maximum atomic E-state index is 12.1. The molecule has 0 fully saturated rings. The molecule has 1 aromatic heterocycles. The predicted octanol–water partition coefficient (Wildman–Crippen LogP) is 6.31. The lowest BCUT2D eigenvalue weighted by molar-refractivity contribution is -0.135. The average molecular weight is 445 g/mol. The fourth-order valence-electron chi connectivity index (χ4n) is 1.84. The van der Waals surface area contributed by atoms with Gasteiger partial charge in [0.2, 0.25) is 0 Å². The van der Waals surface area contributed by atoms with E-state index in [1.54, 1.807) is 23.1 Å². The Morgan fingerprint density at radius 1 is 1.24 bits per heavy atom. The quantitative estimate of drug-likeness (QED) is 0.214. The van der Waals surface area contributed by atoms with Gasteiger partial charge in [-0.15, -0.1) is 11.3 Å². The fourth-order valence-corrected chi connectivity index (χ4v) is 4.69. The third-order valence-electron chi connectivity index (χ3n) is 2.90. The summed E-state index contributed by atoms with van der Waals surface area (Å²) in [6.45, 7) is 0. The molecule has 116 valence electrons. The van der Waals surface area contributed by atoms with Crippen molar-refractivity contribution in [1.29, 1.82) is 0 Å². The molecule has 0 aliphatic heterocycles. The van der Waals surface area contributed by atoms with E-state index in [1.165, 1.54) is 4.70 Å². The van der Waals surface area contributed by atoms with E-state index in [9.17, 15) is 13.2 Å². The summed E-state index contributed by atoms with van der Waals surface area (Å²) < 4.78 is 38.7. The predicted molar refractivity (Wildman–Crippen MR) is 92.7 cm³/mol. The van der Waals surface area contributed by atoms with Crippen molar-refractivity contribution in [1.82, 2.24) is 4.98 Å². The second-order valence-electron chi connectivity index (χ2n) is 4.69. The number of rotatable bonds is 7. The van der Waals surface area contributed by atoms with Gasteiger partial charge in [-0.2, -0.15) is 13.2 Å². The highest BCUT2D eigenvalue weighted by Gasteiger charge is 2.27. The molecule has 0 spiro atoms. The molecule has 1 heterocycles. The zero-order chi connectivity index (χ0) is 15.3. The lowest BCUT2D eigenvalue weighted by Gasteiger charge is -2.11. The number of para-hydroxylation sites is 1. The van der Waals surface area contributed by atoms with E-state index in [1.807, 2.05) is 18.2 Å². The SMILES string of the molecule is FC(F)(F)CCC(I)CCCSc1nc2ccccc2s1. The van der Waals surface area contributed by atoms with E-state index in [4.69, 9.17) is 0 Å². The van der Waals surface area contributed by atoms with Gasteiger partial charge in [0, 0.05) is 16.1 Å². The minimum Gasteiger partial charge on any atom is -0.230 e. The van der Waals surface area contributed by atoms with Crippen LogP contribution in [0.5, 0.6) is 0 Å². The number of fused-ring (bicyclic) bond motifs is 1. The molecule has 2 aromatic rings. The third-order valence-corrected chi connectivity index (χ3v) is 6.41. The maximum absolute atomic E-state index is 12.1. The van der Waals surface area contributed by atoms with Gasteiger partial charge in [0.15, 0.2) is 4.34 Å². The second-order valence-corrected chi connectivity index (χ2v) is 8.82. The summed E-state index contributed by atoms with van der Waals surface area (Å²) in [5.74, 6) is 0.908. The zero-order valence-corrected chi connectivity index (χ0v) is 15.0. The van der Waals surface area contributed by atoms with Crippen LogP contribution in [0.25, 0.3) is 10.2 Å². The molecule has 0 aliphatic carbocycles. The number of thioether (sulfide) groups is 1. The van der Waals surface area contributed by atoms with E-state index in [0.717, 1.165) is 28.5 Å². The van der Waals surface area contributed by atoms with Gasteiger partial charge in [-0.25, -0.2) is 4.98 Å². The Bertz CT molecular complexity index is 538. The molecule has 21 heavy (non-hydrogen) atoms. The van der Waals surface area contributed by atoms with Crippen LogP contribution in [0.1, 0.15) is 25.7 Å². The second kappa shape index (κ2) is 8.01. The van der Waals surface area contributed by atoms with Crippen LogP contribution in [0.4, 0.5) is 13.2 Å². The van der Waals surface area contributed by atoms with Gasteiger partial charge in [0.1, 0.15) is 0 Å². The lowest BCUT2D eigenvalue weighted by atomic mass is 10.1. The van der Waals surface area contributed by atoms with Crippen LogP contribution in [-0.2, 0) is 0 Å². The van der Waals surface area contributed by atoms with Crippen LogP contribution < -0.4 is 0 Å². The Labute approximate surface area is 143 Å². The summed E-state index contributed by atoms with van der Waals surface area (Å²) in [6.07, 6.45) is -2.73. The molecule has 7 heteroatoms. The summed E-state index contributed by atoms with van der Waals surface area (Å²) in [5.41, 5.74) is 1.02. The van der Waals surface area contributed by atoms with Gasteiger partial charge in [-0.05, 0) is 31.4 Å². The topological polar surface area (TPSA) is 12.9 Å². The van der Waals surface area contributed by atoms with Crippen molar-refractivity contribution in [2.45, 2.75) is 40.1 Å². The van der Waals surface area contributed by atoms with Gasteiger partial charge in [-0.1, -0.05) is 46.5 Å². The van der Waals surface area contributed by atoms with Crippen LogP contribution in [0.2, 0.25) is 0 Å². The standard InChI is InChI=1S/C14H15F3INS2/c15-14(16,17)8-7-10(18)4-3-9-20-13-19-11-5-1-2-6-12(11)21-13/h1-2,5-6,10H,3-4,7-9H2. The molecule has 0 N–H and O–H groups in total. The molecular formula is C14H15F3INS2.